The van der Waals surface area contributed by atoms with Crippen LogP contribution >= 0.6 is 0 Å². The monoisotopic (exact) mass is 204 g/mol. The van der Waals surface area contributed by atoms with Gasteiger partial charge in [0.25, 0.3) is 0 Å². The zero-order chi connectivity index (χ0) is 12.1. The summed E-state index contributed by atoms with van der Waals surface area (Å²) in [6, 6.07) is -2.14. The van der Waals surface area contributed by atoms with E-state index in [9.17, 15) is 14.4 Å². The molecule has 0 rings (SSSR count). The van der Waals surface area contributed by atoms with Crippen LogP contribution in [0.5, 0.6) is 0 Å². The fourth-order valence-electron chi connectivity index (χ4n) is 0.852. The molecule has 0 saturated heterocycles. The van der Waals surface area contributed by atoms with Crippen LogP contribution in [0.2, 0.25) is 0 Å². The number of hydrogen-bond acceptors (Lipinski definition) is 3. The van der Waals surface area contributed by atoms with E-state index in [1.165, 1.54) is 0 Å². The molecule has 0 heterocycles. The molecule has 1 unspecified atom stereocenters. The second kappa shape index (κ2) is 5.95. The van der Waals surface area contributed by atoms with Gasteiger partial charge in [-0.1, -0.05) is 0 Å². The molecule has 0 aromatic heterocycles. The predicted molar refractivity (Wildman–Crippen MR) is 46.7 cm³/mol. The minimum atomic E-state index is -2.14. The Kier molecular flexibility index (Phi) is 4.46. The van der Waals surface area contributed by atoms with Crippen LogP contribution in [-0.4, -0.2) is 34.1 Å². The fourth-order valence-corrected chi connectivity index (χ4v) is 0.852. The van der Waals surface area contributed by atoms with Crippen molar-refractivity contribution < 1.29 is 26.0 Å². The maximum absolute atomic E-state index is 10.7. The number of nitrogens with one attached hydrogen (secondary N) is 1. The van der Waals surface area contributed by atoms with Crippen molar-refractivity contribution in [1.82, 2.24) is 5.32 Å². The van der Waals surface area contributed by atoms with Gasteiger partial charge in [-0.05, 0) is 12.8 Å². The highest BCUT2D eigenvalue weighted by Crippen LogP contribution is 2.01. The molecule has 0 saturated carbocycles. The van der Waals surface area contributed by atoms with Crippen molar-refractivity contribution in [2.24, 2.45) is 0 Å². The van der Waals surface area contributed by atoms with E-state index in [0.717, 1.165) is 6.92 Å². The van der Waals surface area contributed by atoms with E-state index in [2.05, 4.69) is 0 Å². The Morgan fingerprint density at radius 1 is 1.43 bits per heavy atom. The maximum Gasteiger partial charge on any atom is 0.326 e. The highest BCUT2D eigenvalue weighted by atomic mass is 16.4. The van der Waals surface area contributed by atoms with Crippen LogP contribution < -0.4 is 5.32 Å². The van der Waals surface area contributed by atoms with Crippen molar-refractivity contribution in [3.8, 4) is 0 Å². The number of amides is 1. The molecule has 6 heteroatoms. The van der Waals surface area contributed by atoms with Gasteiger partial charge in [0.1, 0.15) is 6.02 Å². The van der Waals surface area contributed by atoms with Gasteiger partial charge in [0.2, 0.25) is 5.91 Å². The summed E-state index contributed by atoms with van der Waals surface area (Å²) in [5.41, 5.74) is 0. The van der Waals surface area contributed by atoms with Gasteiger partial charge in [0.15, 0.2) is 0 Å². The van der Waals surface area contributed by atoms with Crippen LogP contribution in [-0.2, 0) is 14.4 Å². The summed E-state index contributed by atoms with van der Waals surface area (Å²) in [6.45, 7) is 1.10. The van der Waals surface area contributed by atoms with Crippen molar-refractivity contribution in [2.75, 3.05) is 0 Å². The molecule has 0 aromatic rings. The number of carboxylic acid groups (broad SMARTS) is 2. The lowest BCUT2D eigenvalue weighted by molar-refractivity contribution is -0.142. The third-order valence-electron chi connectivity index (χ3n) is 1.40. The molecule has 0 aliphatic heterocycles. The molecule has 3 N–H and O–H groups in total. The van der Waals surface area contributed by atoms with Crippen LogP contribution in [0.15, 0.2) is 0 Å². The Hall–Kier alpha value is -1.59. The number of carboxylic acids is 2. The molecular formula is C8H13NO5. The zero-order valence-corrected chi connectivity index (χ0v) is 7.74. The SMILES string of the molecule is [2H]C(CCCC(=O)O)(NC(C)=O)C(=O)O. The van der Waals surface area contributed by atoms with E-state index in [4.69, 9.17) is 11.6 Å². The summed E-state index contributed by atoms with van der Waals surface area (Å²) in [7, 11) is 0. The Bertz CT molecular complexity index is 280. The van der Waals surface area contributed by atoms with E-state index < -0.39 is 23.9 Å². The number of hydrogen-bond donors (Lipinski definition) is 3. The summed E-state index contributed by atoms with van der Waals surface area (Å²) >= 11 is 0. The van der Waals surface area contributed by atoms with Gasteiger partial charge in [-0.15, -0.1) is 0 Å². The molecule has 0 aliphatic rings. The lowest BCUT2D eigenvalue weighted by atomic mass is 10.1. The summed E-state index contributed by atoms with van der Waals surface area (Å²) in [4.78, 5) is 31.5. The van der Waals surface area contributed by atoms with Crippen LogP contribution in [0.3, 0.4) is 0 Å². The lowest BCUT2D eigenvalue weighted by Crippen LogP contribution is -2.39. The third kappa shape index (κ3) is 5.99. The van der Waals surface area contributed by atoms with Gasteiger partial charge >= 0.3 is 11.9 Å². The van der Waals surface area contributed by atoms with Crippen LogP contribution in [0.1, 0.15) is 27.6 Å². The van der Waals surface area contributed by atoms with Crippen molar-refractivity contribution in [1.29, 1.82) is 0 Å². The Morgan fingerprint density at radius 3 is 2.36 bits per heavy atom. The highest BCUT2D eigenvalue weighted by Gasteiger charge is 2.17. The first-order valence-corrected chi connectivity index (χ1v) is 4.02. The highest BCUT2D eigenvalue weighted by molar-refractivity contribution is 5.82. The predicted octanol–water partition coefficient (Wildman–Crippen LogP) is -0.169. The smallest absolute Gasteiger partial charge is 0.326 e. The van der Waals surface area contributed by atoms with Crippen LogP contribution in [0.4, 0.5) is 0 Å². The molecule has 0 radical (unpaired) electrons. The molecule has 80 valence electrons. The molecule has 1 amide bonds. The van der Waals surface area contributed by atoms with Gasteiger partial charge in [0.05, 0.1) is 1.37 Å². The first-order valence-electron chi connectivity index (χ1n) is 4.52. The second-order valence-electron chi connectivity index (χ2n) is 2.71. The van der Waals surface area contributed by atoms with E-state index in [1.807, 2.05) is 5.32 Å². The van der Waals surface area contributed by atoms with E-state index in [0.29, 0.717) is 0 Å². The van der Waals surface area contributed by atoms with E-state index in [-0.39, 0.29) is 19.3 Å². The van der Waals surface area contributed by atoms with Crippen molar-refractivity contribution in [3.05, 3.63) is 0 Å². The first-order chi connectivity index (χ1) is 6.78. The van der Waals surface area contributed by atoms with Gasteiger partial charge in [-0.2, -0.15) is 0 Å². The molecule has 0 aromatic carbocycles. The number of carbonyl (C=O) groups excluding carboxylic acids is 1. The van der Waals surface area contributed by atoms with Crippen LogP contribution in [0, 0.1) is 0 Å². The Labute approximate surface area is 82.3 Å². The average Bonchev–Trinajstić information content (AvgIpc) is 2.01. The lowest BCUT2D eigenvalue weighted by Gasteiger charge is -2.11. The quantitative estimate of drug-likeness (QED) is 0.557. The van der Waals surface area contributed by atoms with Gasteiger partial charge in [-0.3, -0.25) is 9.59 Å². The summed E-state index contributed by atoms with van der Waals surface area (Å²) in [6.07, 6.45) is -0.451. The maximum atomic E-state index is 10.7. The molecule has 0 fully saturated rings. The van der Waals surface area contributed by atoms with E-state index >= 15 is 0 Å². The summed E-state index contributed by atoms with van der Waals surface area (Å²) in [5, 5.41) is 19.0. The standard InChI is InChI=1S/C8H13NO5/c1-5(10)9-6(8(13)14)3-2-4-7(11)12/h6H,2-4H2,1H3,(H,9,10)(H,11,12)(H,13,14)/i6D. The molecule has 1 atom stereocenters. The van der Waals surface area contributed by atoms with Gasteiger partial charge < -0.3 is 15.5 Å². The fraction of sp³-hybridized carbons (Fsp3) is 0.625. The number of carbonyl (C=O) groups is 3. The van der Waals surface area contributed by atoms with Crippen LogP contribution in [0.25, 0.3) is 0 Å². The average molecular weight is 204 g/mol. The second-order valence-corrected chi connectivity index (χ2v) is 2.71. The summed E-state index contributed by atoms with van der Waals surface area (Å²) in [5.74, 6) is -3.20. The molecular weight excluding hydrogens is 190 g/mol. The van der Waals surface area contributed by atoms with Crippen molar-refractivity contribution in [2.45, 2.75) is 32.2 Å². The molecule has 14 heavy (non-hydrogen) atoms. The molecule has 0 aliphatic carbocycles. The number of aliphatic carboxylic acids is 2. The van der Waals surface area contributed by atoms with Crippen molar-refractivity contribution in [3.63, 3.8) is 0 Å². The van der Waals surface area contributed by atoms with Gasteiger partial charge in [0, 0.05) is 13.3 Å². The van der Waals surface area contributed by atoms with E-state index in [1.54, 1.807) is 0 Å². The first kappa shape index (κ1) is 10.5. The topological polar surface area (TPSA) is 104 Å². The van der Waals surface area contributed by atoms with Gasteiger partial charge in [-0.25, -0.2) is 4.79 Å². The van der Waals surface area contributed by atoms with Crippen molar-refractivity contribution >= 4 is 17.8 Å². The minimum Gasteiger partial charge on any atom is -0.481 e. The Morgan fingerprint density at radius 2 is 2.00 bits per heavy atom. The number of rotatable bonds is 6. The third-order valence-corrected chi connectivity index (χ3v) is 1.40. The zero-order valence-electron chi connectivity index (χ0n) is 8.74. The molecule has 0 spiro atoms. The normalized spacial score (nSPS) is 15.1. The summed E-state index contributed by atoms with van der Waals surface area (Å²) < 4.78 is 7.43. The minimum absolute atomic E-state index is 0.0193. The Balaban J connectivity index is 4.32. The largest absolute Gasteiger partial charge is 0.481 e. The molecule has 6 nitrogen and oxygen atoms in total. The molecule has 0 bridgehead atoms.